The number of methoxy groups -OCH3 is 1. The highest BCUT2D eigenvalue weighted by Crippen LogP contribution is 2.32. The first-order valence-corrected chi connectivity index (χ1v) is 5.63. The van der Waals surface area contributed by atoms with E-state index >= 15 is 0 Å². The van der Waals surface area contributed by atoms with Gasteiger partial charge >= 0.3 is 11.8 Å². The molecule has 0 fully saturated rings. The van der Waals surface area contributed by atoms with Crippen molar-refractivity contribution in [2.75, 3.05) is 7.11 Å². The molecule has 6 nitrogen and oxygen atoms in total. The van der Waals surface area contributed by atoms with Crippen LogP contribution in [0.25, 0.3) is 0 Å². The summed E-state index contributed by atoms with van der Waals surface area (Å²) in [6.07, 6.45) is -2.57. The van der Waals surface area contributed by atoms with Crippen molar-refractivity contribution in [2.45, 2.75) is 12.8 Å². The van der Waals surface area contributed by atoms with Crippen LogP contribution < -0.4 is 0 Å². The van der Waals surface area contributed by atoms with E-state index in [1.165, 1.54) is 0 Å². The van der Waals surface area contributed by atoms with E-state index in [0.29, 0.717) is 0 Å². The predicted octanol–water partition coefficient (Wildman–Crippen LogP) is 2.25. The van der Waals surface area contributed by atoms with Gasteiger partial charge in [-0.1, -0.05) is 0 Å². The summed E-state index contributed by atoms with van der Waals surface area (Å²) in [5.41, 5.74) is -0.962. The van der Waals surface area contributed by atoms with Gasteiger partial charge in [-0.15, -0.1) is 0 Å². The normalized spacial score (nSPS) is 10.5. The molecule has 0 aromatic carbocycles. The van der Waals surface area contributed by atoms with Crippen LogP contribution in [0.3, 0.4) is 0 Å². The third kappa shape index (κ3) is 3.09. The first-order valence-electron chi connectivity index (χ1n) is 4.55. The minimum atomic E-state index is -2.93. The molecule has 0 amide bonds. The number of nitro groups is 1. The van der Waals surface area contributed by atoms with Crippen LogP contribution in [0.4, 0.5) is 14.6 Å². The number of pyridine rings is 1. The van der Waals surface area contributed by atoms with Crippen LogP contribution >= 0.6 is 22.6 Å². The number of esters is 1. The average Bonchev–Trinajstić information content (AvgIpc) is 2.27. The maximum Gasteiger partial charge on any atom is 0.367 e. The lowest BCUT2D eigenvalue weighted by atomic mass is 10.1. The molecule has 18 heavy (non-hydrogen) atoms. The van der Waals surface area contributed by atoms with Crippen molar-refractivity contribution in [3.8, 4) is 0 Å². The van der Waals surface area contributed by atoms with Crippen molar-refractivity contribution in [2.24, 2.45) is 0 Å². The third-order valence-corrected chi connectivity index (χ3v) is 2.95. The summed E-state index contributed by atoms with van der Waals surface area (Å²) in [7, 11) is 1.07. The van der Waals surface area contributed by atoms with Gasteiger partial charge in [-0.05, 0) is 32.5 Å². The molecule has 0 aliphatic rings. The Kier molecular flexibility index (Phi) is 4.87. The van der Waals surface area contributed by atoms with Gasteiger partial charge in [-0.3, -0.25) is 4.79 Å². The van der Waals surface area contributed by atoms with Crippen LogP contribution in [0.1, 0.15) is 17.6 Å². The Balaban J connectivity index is 3.43. The number of alkyl halides is 2. The summed E-state index contributed by atoms with van der Waals surface area (Å²) in [6.45, 7) is 0. The maximum absolute atomic E-state index is 12.9. The highest BCUT2D eigenvalue weighted by atomic mass is 127. The number of hydrogen-bond acceptors (Lipinski definition) is 5. The minimum absolute atomic E-state index is 0.0621. The molecule has 1 aromatic rings. The molecule has 1 aromatic heterocycles. The van der Waals surface area contributed by atoms with Crippen molar-refractivity contribution in [3.05, 3.63) is 31.0 Å². The maximum atomic E-state index is 12.9. The molecule has 0 N–H and O–H groups in total. The van der Waals surface area contributed by atoms with Gasteiger partial charge in [0.1, 0.15) is 0 Å². The molecule has 0 atom stereocenters. The third-order valence-electron chi connectivity index (χ3n) is 2.09. The monoisotopic (exact) mass is 372 g/mol. The van der Waals surface area contributed by atoms with Crippen LogP contribution in [0.2, 0.25) is 0 Å². The molecule has 0 saturated carbocycles. The second-order valence-electron chi connectivity index (χ2n) is 3.13. The number of rotatable bonds is 4. The fraction of sp³-hybridized carbons (Fsp3) is 0.333. The Labute approximate surface area is 114 Å². The van der Waals surface area contributed by atoms with E-state index in [1.54, 1.807) is 22.6 Å². The Hall–Kier alpha value is -1.39. The number of halogens is 3. The lowest BCUT2D eigenvalue weighted by Crippen LogP contribution is -2.12. The first kappa shape index (κ1) is 14.7. The van der Waals surface area contributed by atoms with Crippen LogP contribution in [-0.2, 0) is 16.0 Å². The zero-order valence-electron chi connectivity index (χ0n) is 9.02. The molecule has 9 heteroatoms. The Morgan fingerprint density at radius 3 is 2.72 bits per heavy atom. The van der Waals surface area contributed by atoms with Crippen LogP contribution in [0, 0.1) is 13.7 Å². The lowest BCUT2D eigenvalue weighted by molar-refractivity contribution is -0.390. The van der Waals surface area contributed by atoms with Gasteiger partial charge < -0.3 is 14.9 Å². The Bertz CT molecular complexity index is 496. The van der Waals surface area contributed by atoms with Gasteiger partial charge in [0.25, 0.3) is 6.43 Å². The van der Waals surface area contributed by atoms with Crippen LogP contribution in [0.5, 0.6) is 0 Å². The van der Waals surface area contributed by atoms with Gasteiger partial charge in [0.05, 0.1) is 22.7 Å². The number of hydrogen-bond donors (Lipinski definition) is 0. The minimum Gasteiger partial charge on any atom is -0.469 e. The van der Waals surface area contributed by atoms with Crippen molar-refractivity contribution in [3.63, 3.8) is 0 Å². The summed E-state index contributed by atoms with van der Waals surface area (Å²) in [5.74, 6) is -1.60. The van der Waals surface area contributed by atoms with Gasteiger partial charge in [0.2, 0.25) is 0 Å². The van der Waals surface area contributed by atoms with E-state index in [-0.39, 0.29) is 3.57 Å². The molecule has 0 saturated heterocycles. The average molecular weight is 372 g/mol. The number of carbonyl (C=O) groups excluding carboxylic acids is 1. The quantitative estimate of drug-likeness (QED) is 0.351. The summed E-state index contributed by atoms with van der Waals surface area (Å²) < 4.78 is 30.1. The van der Waals surface area contributed by atoms with Crippen molar-refractivity contribution in [1.29, 1.82) is 0 Å². The van der Waals surface area contributed by atoms with Crippen LogP contribution in [0.15, 0.2) is 6.20 Å². The zero-order chi connectivity index (χ0) is 13.9. The lowest BCUT2D eigenvalue weighted by Gasteiger charge is -2.09. The van der Waals surface area contributed by atoms with E-state index < -0.39 is 40.7 Å². The number of aromatic nitrogens is 1. The second kappa shape index (κ2) is 5.98. The van der Waals surface area contributed by atoms with Gasteiger partial charge in [0, 0.05) is 5.56 Å². The highest BCUT2D eigenvalue weighted by Gasteiger charge is 2.29. The molecular formula is C9H7F2IN2O4. The standard InChI is InChI=1S/C9H7F2IN2O4/c1-18-6(15)2-4-7(8(10)11)5(12)3-13-9(4)14(16)17/h3,8H,2H2,1H3. The van der Waals surface area contributed by atoms with E-state index in [0.717, 1.165) is 13.3 Å². The molecule has 1 rings (SSSR count). The summed E-state index contributed by atoms with van der Waals surface area (Å²) in [4.78, 5) is 24.4. The molecule has 98 valence electrons. The molecule has 1 heterocycles. The molecule has 0 spiro atoms. The highest BCUT2D eigenvalue weighted by molar-refractivity contribution is 14.1. The first-order chi connectivity index (χ1) is 8.38. The van der Waals surface area contributed by atoms with E-state index in [9.17, 15) is 23.7 Å². The molecule has 0 unspecified atom stereocenters. The summed E-state index contributed by atoms with van der Waals surface area (Å²) in [6, 6.07) is 0. The smallest absolute Gasteiger partial charge is 0.367 e. The van der Waals surface area contributed by atoms with Crippen molar-refractivity contribution >= 4 is 34.4 Å². The van der Waals surface area contributed by atoms with E-state index in [1.807, 2.05) is 0 Å². The fourth-order valence-electron chi connectivity index (χ4n) is 1.31. The number of nitrogens with zero attached hydrogens (tertiary/aromatic N) is 2. The number of carbonyl (C=O) groups is 1. The molecule has 0 bridgehead atoms. The largest absolute Gasteiger partial charge is 0.469 e. The molecular weight excluding hydrogens is 365 g/mol. The topological polar surface area (TPSA) is 82.3 Å². The van der Waals surface area contributed by atoms with Gasteiger partial charge in [-0.25, -0.2) is 8.78 Å². The second-order valence-corrected chi connectivity index (χ2v) is 4.29. The zero-order valence-corrected chi connectivity index (χ0v) is 11.2. The van der Waals surface area contributed by atoms with E-state index in [4.69, 9.17) is 0 Å². The van der Waals surface area contributed by atoms with Crippen molar-refractivity contribution < 1.29 is 23.2 Å². The Morgan fingerprint density at radius 2 is 2.28 bits per heavy atom. The summed E-state index contributed by atoms with van der Waals surface area (Å²) in [5, 5.41) is 10.7. The molecule has 0 aliphatic heterocycles. The molecule has 0 aliphatic carbocycles. The number of ether oxygens (including phenoxy) is 1. The van der Waals surface area contributed by atoms with Crippen molar-refractivity contribution in [1.82, 2.24) is 4.98 Å². The predicted molar refractivity (Wildman–Crippen MR) is 64.3 cm³/mol. The SMILES string of the molecule is COC(=O)Cc1c([N+](=O)[O-])ncc(I)c1C(F)F. The molecule has 0 radical (unpaired) electrons. The van der Waals surface area contributed by atoms with Gasteiger partial charge in [0.15, 0.2) is 6.20 Å². The van der Waals surface area contributed by atoms with E-state index in [2.05, 4.69) is 9.72 Å². The Morgan fingerprint density at radius 1 is 1.67 bits per heavy atom. The van der Waals surface area contributed by atoms with Crippen LogP contribution in [-0.4, -0.2) is 23.0 Å². The summed E-state index contributed by atoms with van der Waals surface area (Å²) >= 11 is 1.58. The van der Waals surface area contributed by atoms with Gasteiger partial charge in [-0.2, -0.15) is 0 Å². The fourth-order valence-corrected chi connectivity index (χ4v) is 2.01.